The Kier molecular flexibility index (Phi) is 4.86. The van der Waals surface area contributed by atoms with Crippen molar-refractivity contribution < 1.29 is 9.53 Å². The van der Waals surface area contributed by atoms with Gasteiger partial charge in [-0.05, 0) is 65.3 Å². The highest BCUT2D eigenvalue weighted by atomic mass is 79.9. The highest BCUT2D eigenvalue weighted by Gasteiger charge is 2.37. The van der Waals surface area contributed by atoms with Crippen molar-refractivity contribution in [1.82, 2.24) is 0 Å². The molecule has 0 bridgehead atoms. The van der Waals surface area contributed by atoms with Gasteiger partial charge in [-0.3, -0.25) is 9.69 Å². The molecule has 0 unspecified atom stereocenters. The Morgan fingerprint density at radius 2 is 1.70 bits per heavy atom. The van der Waals surface area contributed by atoms with Crippen LogP contribution in [0, 0.1) is 0 Å². The normalized spacial score (nSPS) is 15.6. The summed E-state index contributed by atoms with van der Waals surface area (Å²) in [6.45, 7) is 2.56. The molecule has 27 heavy (non-hydrogen) atoms. The molecule has 136 valence electrons. The maximum Gasteiger partial charge on any atom is 0.260 e. The van der Waals surface area contributed by atoms with E-state index in [1.165, 1.54) is 0 Å². The highest BCUT2D eigenvalue weighted by molar-refractivity contribution is 9.10. The lowest BCUT2D eigenvalue weighted by atomic mass is 10.1. The van der Waals surface area contributed by atoms with Crippen LogP contribution in [0.15, 0.2) is 77.3 Å². The highest BCUT2D eigenvalue weighted by Crippen LogP contribution is 2.39. The average molecular weight is 423 g/mol. The number of nitrogens with one attached hydrogen (secondary N) is 1. The summed E-state index contributed by atoms with van der Waals surface area (Å²) < 4.78 is 6.48. The fourth-order valence-electron chi connectivity index (χ4n) is 3.32. The zero-order chi connectivity index (χ0) is 18.8. The number of fused-ring (bicyclic) bond motifs is 1. The summed E-state index contributed by atoms with van der Waals surface area (Å²) in [4.78, 5) is 14.9. The predicted octanol–water partition coefficient (Wildman–Crippen LogP) is 5.62. The largest absolute Gasteiger partial charge is 0.494 e. The smallest absolute Gasteiger partial charge is 0.260 e. The number of amides is 1. The first-order valence-corrected chi connectivity index (χ1v) is 9.64. The molecule has 0 radical (unpaired) electrons. The summed E-state index contributed by atoms with van der Waals surface area (Å²) in [5.41, 5.74) is 3.44. The summed E-state index contributed by atoms with van der Waals surface area (Å²) in [7, 11) is 0. The van der Waals surface area contributed by atoms with Crippen LogP contribution < -0.4 is 15.0 Å². The number of hydrogen-bond donors (Lipinski definition) is 1. The monoisotopic (exact) mass is 422 g/mol. The number of anilines is 2. The molecule has 4 nitrogen and oxygen atoms in total. The van der Waals surface area contributed by atoms with Gasteiger partial charge >= 0.3 is 0 Å². The predicted molar refractivity (Wildman–Crippen MR) is 111 cm³/mol. The number of carbonyl (C=O) groups excluding carboxylic acids is 1. The minimum atomic E-state index is -0.287. The van der Waals surface area contributed by atoms with E-state index in [1.54, 1.807) is 4.90 Å². The van der Waals surface area contributed by atoms with E-state index >= 15 is 0 Å². The summed E-state index contributed by atoms with van der Waals surface area (Å²) in [5, 5.41) is 3.51. The van der Waals surface area contributed by atoms with Crippen LogP contribution in [0.25, 0.3) is 0 Å². The SMILES string of the molecule is CCOc1ccc(N2C(=O)c3ccccc3[C@@H]2Nc2ccccc2Br)cc1. The quantitative estimate of drug-likeness (QED) is 0.579. The fourth-order valence-corrected chi connectivity index (χ4v) is 3.72. The van der Waals surface area contributed by atoms with Crippen LogP contribution in [-0.4, -0.2) is 12.5 Å². The van der Waals surface area contributed by atoms with E-state index in [0.717, 1.165) is 32.7 Å². The summed E-state index contributed by atoms with van der Waals surface area (Å²) in [5.74, 6) is 0.778. The van der Waals surface area contributed by atoms with Gasteiger partial charge in [0.1, 0.15) is 11.9 Å². The number of halogens is 1. The van der Waals surface area contributed by atoms with Crippen LogP contribution in [-0.2, 0) is 0 Å². The molecule has 3 aromatic rings. The van der Waals surface area contributed by atoms with E-state index in [4.69, 9.17) is 4.74 Å². The van der Waals surface area contributed by atoms with Crippen molar-refractivity contribution in [3.63, 3.8) is 0 Å². The van der Waals surface area contributed by atoms with E-state index in [-0.39, 0.29) is 12.1 Å². The van der Waals surface area contributed by atoms with Gasteiger partial charge in [-0.2, -0.15) is 0 Å². The van der Waals surface area contributed by atoms with Crippen LogP contribution >= 0.6 is 15.9 Å². The van der Waals surface area contributed by atoms with E-state index in [9.17, 15) is 4.79 Å². The van der Waals surface area contributed by atoms with Crippen LogP contribution in [0.5, 0.6) is 5.75 Å². The molecule has 1 atom stereocenters. The van der Waals surface area contributed by atoms with Crippen LogP contribution in [0.1, 0.15) is 29.0 Å². The second-order valence-corrected chi connectivity index (χ2v) is 7.07. The molecule has 0 saturated heterocycles. The number of benzene rings is 3. The third kappa shape index (κ3) is 3.30. The molecule has 5 heteroatoms. The van der Waals surface area contributed by atoms with Crippen molar-refractivity contribution in [2.45, 2.75) is 13.1 Å². The van der Waals surface area contributed by atoms with Crippen LogP contribution in [0.2, 0.25) is 0 Å². The maximum absolute atomic E-state index is 13.1. The minimum Gasteiger partial charge on any atom is -0.494 e. The second-order valence-electron chi connectivity index (χ2n) is 6.22. The second kappa shape index (κ2) is 7.45. The van der Waals surface area contributed by atoms with E-state index in [0.29, 0.717) is 6.61 Å². The molecule has 1 N–H and O–H groups in total. The Morgan fingerprint density at radius 3 is 2.44 bits per heavy atom. The first-order chi connectivity index (χ1) is 13.2. The third-order valence-electron chi connectivity index (χ3n) is 4.55. The maximum atomic E-state index is 13.1. The van der Waals surface area contributed by atoms with Gasteiger partial charge in [-0.1, -0.05) is 30.3 Å². The molecule has 4 rings (SSSR count). The molecule has 0 fully saturated rings. The Hall–Kier alpha value is -2.79. The van der Waals surface area contributed by atoms with Crippen LogP contribution in [0.4, 0.5) is 11.4 Å². The Bertz CT molecular complexity index is 972. The molecule has 1 aliphatic rings. The number of para-hydroxylation sites is 1. The van der Waals surface area contributed by atoms with E-state index in [1.807, 2.05) is 79.7 Å². The van der Waals surface area contributed by atoms with Gasteiger partial charge in [0.2, 0.25) is 0 Å². The Morgan fingerprint density at radius 1 is 1.00 bits per heavy atom. The molecule has 3 aromatic carbocycles. The zero-order valence-corrected chi connectivity index (χ0v) is 16.4. The van der Waals surface area contributed by atoms with Crippen molar-refractivity contribution in [3.05, 3.63) is 88.4 Å². The van der Waals surface area contributed by atoms with Crippen molar-refractivity contribution in [2.75, 3.05) is 16.8 Å². The minimum absolute atomic E-state index is 0.0145. The summed E-state index contributed by atoms with van der Waals surface area (Å²) in [6.07, 6.45) is -0.287. The van der Waals surface area contributed by atoms with Crippen molar-refractivity contribution >= 4 is 33.2 Å². The van der Waals surface area contributed by atoms with Crippen molar-refractivity contribution in [2.24, 2.45) is 0 Å². The molecule has 1 aliphatic heterocycles. The zero-order valence-electron chi connectivity index (χ0n) is 14.9. The lowest BCUT2D eigenvalue weighted by Crippen LogP contribution is -2.32. The van der Waals surface area contributed by atoms with Gasteiger partial charge in [0.15, 0.2) is 0 Å². The summed E-state index contributed by atoms with van der Waals surface area (Å²) >= 11 is 3.58. The van der Waals surface area contributed by atoms with E-state index < -0.39 is 0 Å². The van der Waals surface area contributed by atoms with Crippen LogP contribution in [0.3, 0.4) is 0 Å². The molecule has 0 spiro atoms. The standard InChI is InChI=1S/C22H19BrN2O2/c1-2-27-16-13-11-15(12-14-16)25-21(24-20-10-6-5-9-19(20)23)17-7-3-4-8-18(17)22(25)26/h3-14,21,24H,2H2,1H3/t21-/m1/s1. The number of hydrogen-bond acceptors (Lipinski definition) is 3. The Labute approximate surface area is 166 Å². The lowest BCUT2D eigenvalue weighted by Gasteiger charge is -2.27. The third-order valence-corrected chi connectivity index (χ3v) is 5.25. The fraction of sp³-hybridized carbons (Fsp3) is 0.136. The number of carbonyl (C=O) groups is 1. The van der Waals surface area contributed by atoms with Gasteiger partial charge in [0, 0.05) is 21.3 Å². The van der Waals surface area contributed by atoms with Gasteiger partial charge in [0.25, 0.3) is 5.91 Å². The topological polar surface area (TPSA) is 41.6 Å². The lowest BCUT2D eigenvalue weighted by molar-refractivity contribution is 0.0993. The van der Waals surface area contributed by atoms with Gasteiger partial charge in [-0.15, -0.1) is 0 Å². The number of ether oxygens (including phenoxy) is 1. The molecule has 1 heterocycles. The average Bonchev–Trinajstić information content (AvgIpc) is 2.97. The molecule has 0 aromatic heterocycles. The first-order valence-electron chi connectivity index (χ1n) is 8.85. The molecular formula is C22H19BrN2O2. The van der Waals surface area contributed by atoms with Gasteiger partial charge in [-0.25, -0.2) is 0 Å². The van der Waals surface area contributed by atoms with Gasteiger partial charge in [0.05, 0.1) is 12.3 Å². The number of nitrogens with zero attached hydrogens (tertiary/aromatic N) is 1. The first kappa shape index (κ1) is 17.6. The van der Waals surface area contributed by atoms with Crippen molar-refractivity contribution in [1.29, 1.82) is 0 Å². The summed E-state index contributed by atoms with van der Waals surface area (Å²) in [6, 6.07) is 23.3. The van der Waals surface area contributed by atoms with Crippen molar-refractivity contribution in [3.8, 4) is 5.75 Å². The molecule has 0 saturated carbocycles. The molecular weight excluding hydrogens is 404 g/mol. The van der Waals surface area contributed by atoms with Gasteiger partial charge < -0.3 is 10.1 Å². The number of rotatable bonds is 5. The van der Waals surface area contributed by atoms with E-state index in [2.05, 4.69) is 21.2 Å². The Balaban J connectivity index is 1.74. The molecule has 0 aliphatic carbocycles. The molecule has 1 amide bonds.